The largest absolute Gasteiger partial charge is 0.442 e. The van der Waals surface area contributed by atoms with E-state index in [0.717, 1.165) is 25.9 Å². The molecule has 3 heterocycles. The molecule has 2 aliphatic heterocycles. The summed E-state index contributed by atoms with van der Waals surface area (Å²) in [6.07, 6.45) is 8.55. The van der Waals surface area contributed by atoms with Crippen LogP contribution in [-0.2, 0) is 9.53 Å². The maximum absolute atomic E-state index is 12.8. The number of ether oxygens (including phenoxy) is 1. The maximum atomic E-state index is 12.8. The maximum Gasteiger partial charge on any atom is 0.414 e. The van der Waals surface area contributed by atoms with Crippen molar-refractivity contribution >= 4 is 40.8 Å². The minimum absolute atomic E-state index is 0.0336. The number of likely N-dealkylation sites (tertiary alicyclic amines) is 1. The molecule has 3 amide bonds. The zero-order valence-electron chi connectivity index (χ0n) is 20.4. The first-order valence-corrected chi connectivity index (χ1v) is 13.3. The number of halogens is 1. The van der Waals surface area contributed by atoms with Crippen LogP contribution in [0.25, 0.3) is 0 Å². The van der Waals surface area contributed by atoms with Crippen LogP contribution in [0, 0.1) is 5.41 Å². The Balaban J connectivity index is 1.43. The Kier molecular flexibility index (Phi) is 7.88. The van der Waals surface area contributed by atoms with E-state index in [2.05, 4.69) is 21.6 Å². The van der Waals surface area contributed by atoms with E-state index in [1.165, 1.54) is 17.8 Å². The molecule has 1 aliphatic carbocycles. The Morgan fingerprint density at radius 1 is 1.20 bits per heavy atom. The molecule has 10 heteroatoms. The Labute approximate surface area is 215 Å². The molecule has 35 heavy (non-hydrogen) atoms. The molecule has 1 aromatic rings. The van der Waals surface area contributed by atoms with Crippen LogP contribution in [0.5, 0.6) is 0 Å². The number of carbonyl (C=O) groups excluding carboxylic acids is 3. The van der Waals surface area contributed by atoms with Crippen LogP contribution in [0.3, 0.4) is 0 Å². The Bertz CT molecular complexity index is 1020. The van der Waals surface area contributed by atoms with E-state index in [1.807, 2.05) is 32.9 Å². The summed E-state index contributed by atoms with van der Waals surface area (Å²) in [5, 5.41) is 6.00. The van der Waals surface area contributed by atoms with Crippen molar-refractivity contribution in [2.75, 3.05) is 26.2 Å². The summed E-state index contributed by atoms with van der Waals surface area (Å²) >= 11 is 7.10. The third-order valence-electron chi connectivity index (χ3n) is 6.45. The molecule has 0 saturated carbocycles. The minimum Gasteiger partial charge on any atom is -0.442 e. The lowest BCUT2D eigenvalue weighted by Gasteiger charge is -2.39. The van der Waals surface area contributed by atoms with Gasteiger partial charge in [-0.3, -0.25) is 19.4 Å². The van der Waals surface area contributed by atoms with Crippen LogP contribution in [0.15, 0.2) is 36.1 Å². The van der Waals surface area contributed by atoms with Gasteiger partial charge in [0.15, 0.2) is 0 Å². The number of carbonyl (C=O) groups is 3. The van der Waals surface area contributed by atoms with Gasteiger partial charge in [-0.1, -0.05) is 44.9 Å². The normalized spacial score (nSPS) is 25.3. The number of cyclic esters (lactones) is 1. The van der Waals surface area contributed by atoms with E-state index in [4.69, 9.17) is 16.3 Å². The summed E-state index contributed by atoms with van der Waals surface area (Å²) in [5.74, 6) is -0.281. The zero-order valence-corrected chi connectivity index (χ0v) is 22.0. The average Bonchev–Trinajstić information content (AvgIpc) is 3.42. The molecule has 2 saturated heterocycles. The van der Waals surface area contributed by atoms with E-state index in [1.54, 1.807) is 17.0 Å². The molecule has 8 nitrogen and oxygen atoms in total. The SMILES string of the molecule is CC(C)(C)C(=O)NC1C=C(N2CC(CNC(=O)c3ccc(Cl)s3)OC2=O)C=CC1N1CCCCC1. The van der Waals surface area contributed by atoms with Crippen molar-refractivity contribution in [1.29, 1.82) is 0 Å². The minimum atomic E-state index is -0.524. The molecule has 190 valence electrons. The molecule has 0 spiro atoms. The highest BCUT2D eigenvalue weighted by Gasteiger charge is 2.37. The molecule has 3 atom stereocenters. The van der Waals surface area contributed by atoms with Crippen LogP contribution in [-0.4, -0.2) is 72.1 Å². The number of hydrogen-bond donors (Lipinski definition) is 2. The topological polar surface area (TPSA) is 91.0 Å². The molecule has 1 aromatic heterocycles. The molecule has 0 radical (unpaired) electrons. The monoisotopic (exact) mass is 520 g/mol. The van der Waals surface area contributed by atoms with Crippen molar-refractivity contribution in [3.63, 3.8) is 0 Å². The van der Waals surface area contributed by atoms with Gasteiger partial charge in [-0.2, -0.15) is 0 Å². The number of thiophene rings is 1. The lowest BCUT2D eigenvalue weighted by molar-refractivity contribution is -0.129. The molecule has 0 aromatic carbocycles. The van der Waals surface area contributed by atoms with Gasteiger partial charge in [0.25, 0.3) is 5.91 Å². The second-order valence-electron chi connectivity index (χ2n) is 10.2. The van der Waals surface area contributed by atoms with E-state index in [9.17, 15) is 14.4 Å². The van der Waals surface area contributed by atoms with Crippen molar-refractivity contribution < 1.29 is 19.1 Å². The van der Waals surface area contributed by atoms with Crippen molar-refractivity contribution in [1.82, 2.24) is 20.4 Å². The van der Waals surface area contributed by atoms with Crippen LogP contribution in [0.4, 0.5) is 4.79 Å². The number of allylic oxidation sites excluding steroid dienone is 1. The van der Waals surface area contributed by atoms with Gasteiger partial charge in [-0.15, -0.1) is 11.3 Å². The van der Waals surface area contributed by atoms with E-state index >= 15 is 0 Å². The van der Waals surface area contributed by atoms with Gasteiger partial charge in [0.1, 0.15) is 6.10 Å². The average molecular weight is 521 g/mol. The van der Waals surface area contributed by atoms with Crippen LogP contribution >= 0.6 is 22.9 Å². The molecule has 4 rings (SSSR count). The van der Waals surface area contributed by atoms with Crippen LogP contribution in [0.1, 0.15) is 49.7 Å². The Hall–Kier alpha value is -2.36. The van der Waals surface area contributed by atoms with Gasteiger partial charge in [0.05, 0.1) is 34.4 Å². The van der Waals surface area contributed by atoms with Gasteiger partial charge in [0, 0.05) is 11.1 Å². The van der Waals surface area contributed by atoms with Crippen LogP contribution < -0.4 is 10.6 Å². The number of amides is 3. The van der Waals surface area contributed by atoms with E-state index < -0.39 is 17.6 Å². The van der Waals surface area contributed by atoms with E-state index in [0.29, 0.717) is 21.5 Å². The number of hydrogen-bond acceptors (Lipinski definition) is 6. The summed E-state index contributed by atoms with van der Waals surface area (Å²) in [4.78, 5) is 42.3. The summed E-state index contributed by atoms with van der Waals surface area (Å²) in [6.45, 7) is 8.17. The molecular formula is C25H33ClN4O4S. The summed E-state index contributed by atoms with van der Waals surface area (Å²) < 4.78 is 6.05. The smallest absolute Gasteiger partial charge is 0.414 e. The first kappa shape index (κ1) is 25.7. The first-order chi connectivity index (χ1) is 16.6. The predicted molar refractivity (Wildman–Crippen MR) is 136 cm³/mol. The van der Waals surface area contributed by atoms with Crippen molar-refractivity contribution in [3.8, 4) is 0 Å². The first-order valence-electron chi connectivity index (χ1n) is 12.1. The molecular weight excluding hydrogens is 488 g/mol. The number of rotatable bonds is 6. The van der Waals surface area contributed by atoms with Gasteiger partial charge < -0.3 is 15.4 Å². The fourth-order valence-corrected chi connectivity index (χ4v) is 5.42. The predicted octanol–water partition coefficient (Wildman–Crippen LogP) is 3.79. The second kappa shape index (κ2) is 10.7. The van der Waals surface area contributed by atoms with E-state index in [-0.39, 0.29) is 30.4 Å². The standard InChI is InChI=1S/C25H33ClN4O4S/c1-25(2,3)23(32)28-18-13-16(7-8-19(18)29-11-5-4-6-12-29)30-15-17(34-24(30)33)14-27-22(31)20-9-10-21(26)35-20/h7-10,13,17-19H,4-6,11-12,14-15H2,1-3H3,(H,27,31)(H,28,32). The molecule has 2 N–H and O–H groups in total. The quantitative estimate of drug-likeness (QED) is 0.595. The molecule has 0 bridgehead atoms. The third-order valence-corrected chi connectivity index (χ3v) is 7.68. The number of nitrogens with zero attached hydrogens (tertiary/aromatic N) is 2. The highest BCUT2D eigenvalue weighted by atomic mass is 35.5. The zero-order chi connectivity index (χ0) is 25.2. The lowest BCUT2D eigenvalue weighted by Crippen LogP contribution is -2.54. The highest BCUT2D eigenvalue weighted by molar-refractivity contribution is 7.18. The number of nitrogens with one attached hydrogen (secondary N) is 2. The van der Waals surface area contributed by atoms with Gasteiger partial charge in [-0.25, -0.2) is 4.79 Å². The van der Waals surface area contributed by atoms with Crippen molar-refractivity contribution in [2.24, 2.45) is 5.41 Å². The lowest BCUT2D eigenvalue weighted by atomic mass is 9.92. The summed E-state index contributed by atoms with van der Waals surface area (Å²) in [5.41, 5.74) is 0.172. The van der Waals surface area contributed by atoms with Gasteiger partial charge >= 0.3 is 6.09 Å². The third kappa shape index (κ3) is 6.26. The molecule has 3 aliphatic rings. The second-order valence-corrected chi connectivity index (χ2v) is 11.9. The molecule has 2 fully saturated rings. The van der Waals surface area contributed by atoms with Crippen molar-refractivity contribution in [2.45, 2.75) is 58.2 Å². The number of piperidine rings is 1. The van der Waals surface area contributed by atoms with Crippen molar-refractivity contribution in [3.05, 3.63) is 45.3 Å². The fraction of sp³-hybridized carbons (Fsp3) is 0.560. The van der Waals surface area contributed by atoms with Crippen LogP contribution in [0.2, 0.25) is 4.34 Å². The summed E-state index contributed by atoms with van der Waals surface area (Å²) in [7, 11) is 0. The Morgan fingerprint density at radius 2 is 1.94 bits per heavy atom. The summed E-state index contributed by atoms with van der Waals surface area (Å²) in [6, 6.07) is 3.12. The van der Waals surface area contributed by atoms with Gasteiger partial charge in [-0.05, 0) is 50.2 Å². The fourth-order valence-electron chi connectivity index (χ4n) is 4.46. The molecule has 3 unspecified atom stereocenters. The van der Waals surface area contributed by atoms with Gasteiger partial charge in [0.2, 0.25) is 5.91 Å². The Morgan fingerprint density at radius 3 is 2.60 bits per heavy atom. The highest BCUT2D eigenvalue weighted by Crippen LogP contribution is 2.27.